The number of amides is 1. The van der Waals surface area contributed by atoms with Crippen molar-refractivity contribution in [2.75, 3.05) is 0 Å². The van der Waals surface area contributed by atoms with Crippen molar-refractivity contribution in [3.8, 4) is 5.75 Å². The second-order valence-electron chi connectivity index (χ2n) is 7.66. The van der Waals surface area contributed by atoms with Crippen molar-refractivity contribution in [1.29, 1.82) is 0 Å². The third-order valence-corrected chi connectivity index (χ3v) is 5.61. The number of nitrogens with zero attached hydrogens (tertiary/aromatic N) is 1. The Bertz CT molecular complexity index is 1270. The number of hydrogen-bond donors (Lipinski definition) is 4. The zero-order chi connectivity index (χ0) is 26.2. The number of nitrogens with one attached hydrogen (secondary N) is 1. The molecule has 0 spiro atoms. The van der Waals surface area contributed by atoms with E-state index >= 15 is 0 Å². The lowest BCUT2D eigenvalue weighted by Crippen LogP contribution is -2.43. The maximum absolute atomic E-state index is 12.6. The lowest BCUT2D eigenvalue weighted by molar-refractivity contribution is -0.141. The van der Waals surface area contributed by atoms with Gasteiger partial charge in [0.15, 0.2) is 5.96 Å². The van der Waals surface area contributed by atoms with E-state index in [1.54, 1.807) is 36.4 Å². The summed E-state index contributed by atoms with van der Waals surface area (Å²) >= 11 is 12.6. The Hall–Kier alpha value is -4.08. The predicted molar refractivity (Wildman–Crippen MR) is 137 cm³/mol. The van der Waals surface area contributed by atoms with Crippen LogP contribution in [0.15, 0.2) is 71.7 Å². The molecule has 3 rings (SSSR count). The van der Waals surface area contributed by atoms with E-state index in [4.69, 9.17) is 39.4 Å². The van der Waals surface area contributed by atoms with Crippen LogP contribution >= 0.6 is 23.2 Å². The molecule has 9 nitrogen and oxygen atoms in total. The minimum Gasteiger partial charge on any atom is -0.480 e. The molecule has 3 aromatic carbocycles. The highest BCUT2D eigenvalue weighted by Crippen LogP contribution is 2.31. The number of nitrogens with two attached hydrogens (primary N) is 2. The molecule has 0 aromatic heterocycles. The van der Waals surface area contributed by atoms with Crippen LogP contribution < -0.4 is 21.5 Å². The summed E-state index contributed by atoms with van der Waals surface area (Å²) in [7, 11) is 0. The molecule has 0 saturated carbocycles. The van der Waals surface area contributed by atoms with Crippen molar-refractivity contribution in [2.24, 2.45) is 16.5 Å². The van der Waals surface area contributed by atoms with Gasteiger partial charge in [-0.1, -0.05) is 53.5 Å². The van der Waals surface area contributed by atoms with Crippen LogP contribution in [-0.2, 0) is 22.4 Å². The van der Waals surface area contributed by atoms with E-state index in [2.05, 4.69) is 10.3 Å². The molecule has 3 aromatic rings. The third-order valence-electron chi connectivity index (χ3n) is 4.94. The van der Waals surface area contributed by atoms with Crippen molar-refractivity contribution in [3.05, 3.63) is 93.5 Å². The van der Waals surface area contributed by atoms with Crippen molar-refractivity contribution in [3.63, 3.8) is 0 Å². The number of hydrogen-bond acceptors (Lipinski definition) is 5. The Morgan fingerprint density at radius 2 is 1.58 bits per heavy atom. The van der Waals surface area contributed by atoms with E-state index in [9.17, 15) is 19.5 Å². The van der Waals surface area contributed by atoms with Gasteiger partial charge >= 0.3 is 11.9 Å². The van der Waals surface area contributed by atoms with Crippen LogP contribution in [-0.4, -0.2) is 35.0 Å². The number of aliphatic imine (C=N–C) groups is 1. The summed E-state index contributed by atoms with van der Waals surface area (Å²) < 4.78 is 5.33. The normalized spacial score (nSPS) is 11.3. The molecule has 36 heavy (non-hydrogen) atoms. The SMILES string of the molecule is NC(N)=Nc1ccc(C(=O)Oc2cc(Cl)c(CC(=O)N[C@@H](Cc3ccccc3)C(=O)O)c(Cl)c2)cc1. The van der Waals surface area contributed by atoms with Crippen LogP contribution in [0, 0.1) is 0 Å². The molecule has 0 heterocycles. The monoisotopic (exact) mass is 528 g/mol. The minimum absolute atomic E-state index is 0.0694. The summed E-state index contributed by atoms with van der Waals surface area (Å²) in [5, 5.41) is 12.1. The van der Waals surface area contributed by atoms with Gasteiger partial charge in [0, 0.05) is 16.5 Å². The van der Waals surface area contributed by atoms with Gasteiger partial charge in [0.2, 0.25) is 5.91 Å². The first-order chi connectivity index (χ1) is 17.1. The van der Waals surface area contributed by atoms with E-state index in [0.717, 1.165) is 5.56 Å². The summed E-state index contributed by atoms with van der Waals surface area (Å²) in [6.07, 6.45) is -0.151. The van der Waals surface area contributed by atoms with Crippen LogP contribution in [0.5, 0.6) is 5.75 Å². The Labute approximate surface area is 216 Å². The zero-order valence-electron chi connectivity index (χ0n) is 18.8. The summed E-state index contributed by atoms with van der Waals surface area (Å²) in [6, 6.07) is 16.5. The standard InChI is InChI=1S/C25H22Cl2N4O5/c26-19-11-17(36-24(35)15-6-8-16(9-7-15)30-25(28)29)12-20(27)18(19)13-22(32)31-21(23(33)34)10-14-4-2-1-3-5-14/h1-9,11-12,21H,10,13H2,(H,31,32)(H,33,34)(H4,28,29,30)/t21-/m0/s1. The summed E-state index contributed by atoms with van der Waals surface area (Å²) in [6.45, 7) is 0. The van der Waals surface area contributed by atoms with Gasteiger partial charge < -0.3 is 26.6 Å². The van der Waals surface area contributed by atoms with Crippen LogP contribution in [0.2, 0.25) is 10.0 Å². The lowest BCUT2D eigenvalue weighted by atomic mass is 10.1. The second kappa shape index (κ2) is 12.1. The van der Waals surface area contributed by atoms with Gasteiger partial charge in [0.1, 0.15) is 11.8 Å². The highest BCUT2D eigenvalue weighted by molar-refractivity contribution is 6.36. The molecule has 0 unspecified atom stereocenters. The number of benzene rings is 3. The molecule has 0 radical (unpaired) electrons. The third kappa shape index (κ3) is 7.46. The van der Waals surface area contributed by atoms with Crippen LogP contribution in [0.3, 0.4) is 0 Å². The van der Waals surface area contributed by atoms with Crippen molar-refractivity contribution < 1.29 is 24.2 Å². The quantitative estimate of drug-likeness (QED) is 0.143. The molecule has 1 atom stereocenters. The average Bonchev–Trinajstić information content (AvgIpc) is 2.81. The fourth-order valence-electron chi connectivity index (χ4n) is 3.25. The van der Waals surface area contributed by atoms with Gasteiger partial charge in [0.25, 0.3) is 0 Å². The molecule has 0 aliphatic carbocycles. The van der Waals surface area contributed by atoms with Crippen molar-refractivity contribution >= 4 is 52.7 Å². The Morgan fingerprint density at radius 3 is 2.14 bits per heavy atom. The molecular formula is C25H22Cl2N4O5. The number of carbonyl (C=O) groups excluding carboxylic acids is 2. The predicted octanol–water partition coefficient (Wildman–Crippen LogP) is 3.47. The first-order valence-corrected chi connectivity index (χ1v) is 11.3. The summed E-state index contributed by atoms with van der Waals surface area (Å²) in [4.78, 5) is 40.5. The Morgan fingerprint density at radius 1 is 0.972 bits per heavy atom. The number of guanidine groups is 1. The number of ether oxygens (including phenoxy) is 1. The second-order valence-corrected chi connectivity index (χ2v) is 8.48. The van der Waals surface area contributed by atoms with E-state index in [0.29, 0.717) is 5.69 Å². The Balaban J connectivity index is 1.66. The fourth-order valence-corrected chi connectivity index (χ4v) is 3.85. The van der Waals surface area contributed by atoms with E-state index in [1.807, 2.05) is 6.07 Å². The van der Waals surface area contributed by atoms with Crippen LogP contribution in [0.4, 0.5) is 5.69 Å². The number of halogens is 2. The number of carboxylic acid groups (broad SMARTS) is 1. The molecule has 186 valence electrons. The van der Waals surface area contributed by atoms with Gasteiger partial charge in [-0.3, -0.25) is 4.79 Å². The number of carboxylic acids is 1. The van der Waals surface area contributed by atoms with Gasteiger partial charge in [0.05, 0.1) is 17.7 Å². The lowest BCUT2D eigenvalue weighted by Gasteiger charge is -2.16. The highest BCUT2D eigenvalue weighted by atomic mass is 35.5. The van der Waals surface area contributed by atoms with Crippen LogP contribution in [0.25, 0.3) is 0 Å². The molecule has 1 amide bonds. The van der Waals surface area contributed by atoms with Crippen LogP contribution in [0.1, 0.15) is 21.5 Å². The largest absolute Gasteiger partial charge is 0.480 e. The molecule has 0 saturated heterocycles. The molecule has 0 aliphatic rings. The maximum atomic E-state index is 12.6. The van der Waals surface area contributed by atoms with Gasteiger partial charge in [-0.2, -0.15) is 0 Å². The van der Waals surface area contributed by atoms with E-state index < -0.39 is 23.9 Å². The molecule has 11 heteroatoms. The maximum Gasteiger partial charge on any atom is 0.343 e. The molecule has 6 N–H and O–H groups in total. The molecular weight excluding hydrogens is 507 g/mol. The fraction of sp³-hybridized carbons (Fsp3) is 0.120. The first-order valence-electron chi connectivity index (χ1n) is 10.6. The Kier molecular flexibility index (Phi) is 8.88. The zero-order valence-corrected chi connectivity index (χ0v) is 20.3. The van der Waals surface area contributed by atoms with Crippen molar-refractivity contribution in [2.45, 2.75) is 18.9 Å². The van der Waals surface area contributed by atoms with E-state index in [1.165, 1.54) is 24.3 Å². The number of rotatable bonds is 9. The number of carbonyl (C=O) groups is 3. The number of esters is 1. The van der Waals surface area contributed by atoms with Gasteiger partial charge in [-0.25, -0.2) is 14.6 Å². The topological polar surface area (TPSA) is 157 Å². The summed E-state index contributed by atoms with van der Waals surface area (Å²) in [5.41, 5.74) is 12.4. The molecule has 0 bridgehead atoms. The molecule has 0 fully saturated rings. The smallest absolute Gasteiger partial charge is 0.343 e. The highest BCUT2D eigenvalue weighted by Gasteiger charge is 2.22. The van der Waals surface area contributed by atoms with Gasteiger partial charge in [-0.15, -0.1) is 0 Å². The molecule has 0 aliphatic heterocycles. The van der Waals surface area contributed by atoms with E-state index in [-0.39, 0.29) is 45.7 Å². The summed E-state index contributed by atoms with van der Waals surface area (Å²) in [5.74, 6) is -2.46. The first kappa shape index (κ1) is 26.5. The number of aliphatic carboxylic acids is 1. The average molecular weight is 529 g/mol. The van der Waals surface area contributed by atoms with Gasteiger partial charge in [-0.05, 0) is 47.5 Å². The van der Waals surface area contributed by atoms with Crippen molar-refractivity contribution in [1.82, 2.24) is 5.32 Å². The minimum atomic E-state index is -1.17.